The topological polar surface area (TPSA) is 65.7 Å². The molecule has 0 unspecified atom stereocenters. The summed E-state index contributed by atoms with van der Waals surface area (Å²) in [5.41, 5.74) is 1.00. The van der Waals surface area contributed by atoms with E-state index in [1.54, 1.807) is 0 Å². The van der Waals surface area contributed by atoms with Gasteiger partial charge in [0.05, 0.1) is 12.2 Å². The Hall–Kier alpha value is -1.56. The lowest BCUT2D eigenvalue weighted by Gasteiger charge is -2.31. The van der Waals surface area contributed by atoms with Gasteiger partial charge in [0.1, 0.15) is 5.76 Å². The van der Waals surface area contributed by atoms with E-state index in [1.807, 2.05) is 20.9 Å². The lowest BCUT2D eigenvalue weighted by molar-refractivity contribution is 0.164. The summed E-state index contributed by atoms with van der Waals surface area (Å²) in [5.74, 6) is 4.02. The molecule has 24 heavy (non-hydrogen) atoms. The SMILES string of the molecule is CN=C(NCC(C)C)NCC1CCN(Cc2nc(C)c(C)o2)CC1. The molecule has 1 aromatic rings. The highest BCUT2D eigenvalue weighted by molar-refractivity contribution is 5.79. The van der Waals surface area contributed by atoms with Gasteiger partial charge >= 0.3 is 0 Å². The minimum atomic E-state index is 0.620. The first-order chi connectivity index (χ1) is 11.5. The first-order valence-corrected chi connectivity index (χ1v) is 9.07. The Kier molecular flexibility index (Phi) is 7.09. The number of nitrogens with zero attached hydrogens (tertiary/aromatic N) is 3. The Labute approximate surface area is 146 Å². The minimum Gasteiger partial charge on any atom is -0.444 e. The van der Waals surface area contributed by atoms with Crippen molar-refractivity contribution in [2.75, 3.05) is 33.2 Å². The van der Waals surface area contributed by atoms with Crippen LogP contribution in [0, 0.1) is 25.7 Å². The Morgan fingerprint density at radius 3 is 2.54 bits per heavy atom. The Morgan fingerprint density at radius 1 is 1.29 bits per heavy atom. The number of hydrogen-bond donors (Lipinski definition) is 2. The third kappa shape index (κ3) is 5.82. The summed E-state index contributed by atoms with van der Waals surface area (Å²) < 4.78 is 5.69. The Morgan fingerprint density at radius 2 is 2.00 bits per heavy atom. The van der Waals surface area contributed by atoms with E-state index in [9.17, 15) is 0 Å². The summed E-state index contributed by atoms with van der Waals surface area (Å²) >= 11 is 0. The summed E-state index contributed by atoms with van der Waals surface area (Å²) in [4.78, 5) is 11.2. The number of nitrogens with one attached hydrogen (secondary N) is 2. The molecule has 2 heterocycles. The van der Waals surface area contributed by atoms with Crippen LogP contribution in [0.2, 0.25) is 0 Å². The van der Waals surface area contributed by atoms with E-state index in [2.05, 4.69) is 39.4 Å². The zero-order valence-electron chi connectivity index (χ0n) is 15.9. The molecule has 136 valence electrons. The highest BCUT2D eigenvalue weighted by atomic mass is 16.4. The molecular formula is C18H33N5O. The van der Waals surface area contributed by atoms with Crippen molar-refractivity contribution in [1.82, 2.24) is 20.5 Å². The first kappa shape index (κ1) is 18.8. The maximum absolute atomic E-state index is 5.69. The van der Waals surface area contributed by atoms with Crippen LogP contribution in [-0.2, 0) is 6.54 Å². The van der Waals surface area contributed by atoms with Crippen molar-refractivity contribution in [2.45, 2.75) is 47.1 Å². The summed E-state index contributed by atoms with van der Waals surface area (Å²) in [6.07, 6.45) is 2.40. The van der Waals surface area contributed by atoms with Crippen LogP contribution in [0.25, 0.3) is 0 Å². The standard InChI is InChI=1S/C18H33N5O/c1-13(2)10-20-18(19-5)21-11-16-6-8-23(9-7-16)12-17-22-14(3)15(4)24-17/h13,16H,6-12H2,1-5H3,(H2,19,20,21). The average Bonchev–Trinajstić information content (AvgIpc) is 2.86. The summed E-state index contributed by atoms with van der Waals surface area (Å²) in [6.45, 7) is 13.3. The number of aromatic nitrogens is 1. The highest BCUT2D eigenvalue weighted by Gasteiger charge is 2.21. The Balaban J connectivity index is 1.68. The monoisotopic (exact) mass is 335 g/mol. The number of guanidine groups is 1. The molecule has 6 nitrogen and oxygen atoms in total. The second-order valence-electron chi connectivity index (χ2n) is 7.20. The van der Waals surface area contributed by atoms with Crippen molar-refractivity contribution in [3.05, 3.63) is 17.3 Å². The maximum atomic E-state index is 5.69. The van der Waals surface area contributed by atoms with Crippen LogP contribution < -0.4 is 10.6 Å². The van der Waals surface area contributed by atoms with Gasteiger partial charge < -0.3 is 15.1 Å². The van der Waals surface area contributed by atoms with E-state index >= 15 is 0 Å². The molecule has 0 radical (unpaired) electrons. The molecule has 0 bridgehead atoms. The van der Waals surface area contributed by atoms with Crippen LogP contribution in [-0.4, -0.2) is 49.1 Å². The quantitative estimate of drug-likeness (QED) is 0.617. The maximum Gasteiger partial charge on any atom is 0.208 e. The largest absolute Gasteiger partial charge is 0.444 e. The van der Waals surface area contributed by atoms with Crippen LogP contribution in [0.1, 0.15) is 44.0 Å². The molecule has 0 aliphatic carbocycles. The van der Waals surface area contributed by atoms with E-state index in [4.69, 9.17) is 4.42 Å². The van der Waals surface area contributed by atoms with Gasteiger partial charge in [-0.25, -0.2) is 4.98 Å². The molecule has 1 saturated heterocycles. The van der Waals surface area contributed by atoms with Gasteiger partial charge in [0, 0.05) is 20.1 Å². The van der Waals surface area contributed by atoms with Crippen molar-refractivity contribution >= 4 is 5.96 Å². The predicted molar refractivity (Wildman–Crippen MR) is 98.2 cm³/mol. The predicted octanol–water partition coefficient (Wildman–Crippen LogP) is 2.32. The molecule has 0 amide bonds. The molecule has 1 fully saturated rings. The molecule has 0 aromatic carbocycles. The van der Waals surface area contributed by atoms with Gasteiger partial charge in [-0.2, -0.15) is 0 Å². The molecule has 0 spiro atoms. The molecule has 0 saturated carbocycles. The van der Waals surface area contributed by atoms with Crippen molar-refractivity contribution in [2.24, 2.45) is 16.8 Å². The molecule has 2 rings (SSSR count). The average molecular weight is 335 g/mol. The van der Waals surface area contributed by atoms with Gasteiger partial charge in [0.2, 0.25) is 5.89 Å². The van der Waals surface area contributed by atoms with E-state index in [-0.39, 0.29) is 0 Å². The minimum absolute atomic E-state index is 0.620. The molecule has 0 atom stereocenters. The lowest BCUT2D eigenvalue weighted by atomic mass is 9.97. The van der Waals surface area contributed by atoms with E-state index in [1.165, 1.54) is 12.8 Å². The van der Waals surface area contributed by atoms with E-state index in [0.29, 0.717) is 11.8 Å². The van der Waals surface area contributed by atoms with Crippen LogP contribution in [0.5, 0.6) is 0 Å². The number of oxazole rings is 1. The third-order valence-corrected chi connectivity index (χ3v) is 4.60. The second kappa shape index (κ2) is 9.06. The van der Waals surface area contributed by atoms with Gasteiger partial charge in [-0.3, -0.25) is 9.89 Å². The van der Waals surface area contributed by atoms with Gasteiger partial charge in [0.25, 0.3) is 0 Å². The molecule has 6 heteroatoms. The van der Waals surface area contributed by atoms with Gasteiger partial charge in [-0.05, 0) is 51.6 Å². The van der Waals surface area contributed by atoms with Crippen molar-refractivity contribution < 1.29 is 4.42 Å². The van der Waals surface area contributed by atoms with E-state index < -0.39 is 0 Å². The van der Waals surface area contributed by atoms with Crippen molar-refractivity contribution in [3.8, 4) is 0 Å². The highest BCUT2D eigenvalue weighted by Crippen LogP contribution is 2.19. The van der Waals surface area contributed by atoms with Crippen molar-refractivity contribution in [1.29, 1.82) is 0 Å². The van der Waals surface area contributed by atoms with Gasteiger partial charge in [-0.1, -0.05) is 13.8 Å². The van der Waals surface area contributed by atoms with Crippen molar-refractivity contribution in [3.63, 3.8) is 0 Å². The summed E-state index contributed by atoms with van der Waals surface area (Å²) in [6, 6.07) is 0. The Bertz CT molecular complexity index is 510. The number of piperidine rings is 1. The van der Waals surface area contributed by atoms with Crippen LogP contribution in [0.4, 0.5) is 0 Å². The third-order valence-electron chi connectivity index (χ3n) is 4.60. The fraction of sp³-hybridized carbons (Fsp3) is 0.778. The first-order valence-electron chi connectivity index (χ1n) is 9.07. The zero-order chi connectivity index (χ0) is 17.5. The van der Waals surface area contributed by atoms with Crippen LogP contribution >= 0.6 is 0 Å². The smallest absolute Gasteiger partial charge is 0.208 e. The number of rotatable bonds is 6. The van der Waals surface area contributed by atoms with Crippen LogP contribution in [0.3, 0.4) is 0 Å². The normalized spacial score (nSPS) is 17.5. The second-order valence-corrected chi connectivity index (χ2v) is 7.20. The molecule has 1 aromatic heterocycles. The lowest BCUT2D eigenvalue weighted by Crippen LogP contribution is -2.43. The molecular weight excluding hydrogens is 302 g/mol. The number of likely N-dealkylation sites (tertiary alicyclic amines) is 1. The molecule has 1 aliphatic rings. The number of aryl methyl sites for hydroxylation is 2. The fourth-order valence-electron chi connectivity index (χ4n) is 2.91. The van der Waals surface area contributed by atoms with E-state index in [0.717, 1.165) is 56.0 Å². The molecule has 2 N–H and O–H groups in total. The summed E-state index contributed by atoms with van der Waals surface area (Å²) in [5, 5.41) is 6.82. The van der Waals surface area contributed by atoms with Gasteiger partial charge in [-0.15, -0.1) is 0 Å². The number of aliphatic imine (C=N–C) groups is 1. The summed E-state index contributed by atoms with van der Waals surface area (Å²) in [7, 11) is 1.83. The van der Waals surface area contributed by atoms with Crippen LogP contribution in [0.15, 0.2) is 9.41 Å². The van der Waals surface area contributed by atoms with Gasteiger partial charge in [0.15, 0.2) is 5.96 Å². The number of hydrogen-bond acceptors (Lipinski definition) is 4. The molecule has 1 aliphatic heterocycles. The zero-order valence-corrected chi connectivity index (χ0v) is 15.9. The fourth-order valence-corrected chi connectivity index (χ4v) is 2.91.